The lowest BCUT2D eigenvalue weighted by atomic mass is 10.3. The summed E-state index contributed by atoms with van der Waals surface area (Å²) in [5.41, 5.74) is 0.373. The number of nitrogens with zero attached hydrogens (tertiary/aromatic N) is 1. The summed E-state index contributed by atoms with van der Waals surface area (Å²) in [5.74, 6) is 0.354. The van der Waals surface area contributed by atoms with E-state index in [1.807, 2.05) is 6.92 Å². The molecule has 2 rings (SSSR count). The zero-order chi connectivity index (χ0) is 13.3. The van der Waals surface area contributed by atoms with Crippen molar-refractivity contribution in [2.24, 2.45) is 0 Å². The van der Waals surface area contributed by atoms with E-state index in [1.165, 1.54) is 11.8 Å². The Morgan fingerprint density at radius 3 is 2.78 bits per heavy atom. The zero-order valence-corrected chi connectivity index (χ0v) is 12.0. The summed E-state index contributed by atoms with van der Waals surface area (Å²) in [6.07, 6.45) is 0.222. The average Bonchev–Trinajstić information content (AvgIpc) is 2.60. The molecule has 1 aromatic rings. The SMILES string of the molecule is CCSC1CC(=O)N(c2cccc(Cl)c2Cl)C1=O. The Morgan fingerprint density at radius 2 is 2.11 bits per heavy atom. The third-order valence-electron chi connectivity index (χ3n) is 2.65. The minimum atomic E-state index is -0.308. The molecule has 1 heterocycles. The Morgan fingerprint density at radius 1 is 1.39 bits per heavy atom. The van der Waals surface area contributed by atoms with Crippen LogP contribution in [0.15, 0.2) is 18.2 Å². The minimum Gasteiger partial charge on any atom is -0.274 e. The molecule has 3 nitrogen and oxygen atoms in total. The van der Waals surface area contributed by atoms with Crippen LogP contribution in [-0.2, 0) is 9.59 Å². The van der Waals surface area contributed by atoms with E-state index in [0.29, 0.717) is 10.7 Å². The molecule has 1 unspecified atom stereocenters. The van der Waals surface area contributed by atoms with Crippen molar-refractivity contribution in [2.75, 3.05) is 10.7 Å². The zero-order valence-electron chi connectivity index (χ0n) is 9.65. The predicted molar refractivity (Wildman–Crippen MR) is 75.5 cm³/mol. The molecular formula is C12H11Cl2NO2S. The first-order valence-corrected chi connectivity index (χ1v) is 7.29. The van der Waals surface area contributed by atoms with Gasteiger partial charge in [0.05, 0.1) is 21.0 Å². The molecule has 0 aromatic heterocycles. The monoisotopic (exact) mass is 303 g/mol. The number of hydrogen-bond acceptors (Lipinski definition) is 3. The molecule has 1 atom stereocenters. The van der Waals surface area contributed by atoms with E-state index in [0.717, 1.165) is 10.7 Å². The third-order valence-corrected chi connectivity index (χ3v) is 4.56. The predicted octanol–water partition coefficient (Wildman–Crippen LogP) is 3.38. The van der Waals surface area contributed by atoms with Crippen LogP contribution in [0, 0.1) is 0 Å². The van der Waals surface area contributed by atoms with Crippen molar-refractivity contribution in [1.29, 1.82) is 0 Å². The van der Waals surface area contributed by atoms with Crippen molar-refractivity contribution in [1.82, 2.24) is 0 Å². The van der Waals surface area contributed by atoms with Crippen molar-refractivity contribution in [2.45, 2.75) is 18.6 Å². The highest BCUT2D eigenvalue weighted by Gasteiger charge is 2.40. The fraction of sp³-hybridized carbons (Fsp3) is 0.333. The maximum Gasteiger partial charge on any atom is 0.247 e. The smallest absolute Gasteiger partial charge is 0.247 e. The Balaban J connectivity index is 2.36. The largest absolute Gasteiger partial charge is 0.274 e. The van der Waals surface area contributed by atoms with Crippen LogP contribution in [-0.4, -0.2) is 22.8 Å². The Bertz CT molecular complexity index is 507. The fourth-order valence-electron chi connectivity index (χ4n) is 1.85. The lowest BCUT2D eigenvalue weighted by molar-refractivity contribution is -0.121. The molecule has 0 aliphatic carbocycles. The lowest BCUT2D eigenvalue weighted by Gasteiger charge is -2.16. The highest BCUT2D eigenvalue weighted by Crippen LogP contribution is 2.37. The van der Waals surface area contributed by atoms with Gasteiger partial charge in [-0.3, -0.25) is 9.59 Å². The quantitative estimate of drug-likeness (QED) is 0.803. The second-order valence-electron chi connectivity index (χ2n) is 3.79. The highest BCUT2D eigenvalue weighted by atomic mass is 35.5. The summed E-state index contributed by atoms with van der Waals surface area (Å²) in [7, 11) is 0. The number of carbonyl (C=O) groups excluding carboxylic acids is 2. The van der Waals surface area contributed by atoms with Crippen molar-refractivity contribution in [3.8, 4) is 0 Å². The van der Waals surface area contributed by atoms with Crippen molar-refractivity contribution in [3.63, 3.8) is 0 Å². The van der Waals surface area contributed by atoms with E-state index < -0.39 is 0 Å². The van der Waals surface area contributed by atoms with Gasteiger partial charge >= 0.3 is 0 Å². The van der Waals surface area contributed by atoms with Crippen molar-refractivity contribution < 1.29 is 9.59 Å². The van der Waals surface area contributed by atoms with E-state index >= 15 is 0 Å². The summed E-state index contributed by atoms with van der Waals surface area (Å²) in [5, 5.41) is 0.266. The molecule has 1 saturated heterocycles. The summed E-state index contributed by atoms with van der Waals surface area (Å²) in [6, 6.07) is 4.92. The number of anilines is 1. The molecule has 1 aliphatic rings. The van der Waals surface area contributed by atoms with Gasteiger partial charge in [-0.25, -0.2) is 4.90 Å². The van der Waals surface area contributed by atoms with Crippen LogP contribution in [0.1, 0.15) is 13.3 Å². The topological polar surface area (TPSA) is 37.4 Å². The molecule has 6 heteroatoms. The summed E-state index contributed by atoms with van der Waals surface area (Å²) in [6.45, 7) is 1.96. The van der Waals surface area contributed by atoms with Gasteiger partial charge < -0.3 is 0 Å². The minimum absolute atomic E-state index is 0.212. The van der Waals surface area contributed by atoms with Crippen molar-refractivity contribution >= 4 is 52.5 Å². The molecule has 1 fully saturated rings. The summed E-state index contributed by atoms with van der Waals surface area (Å²) in [4.78, 5) is 25.2. The van der Waals surface area contributed by atoms with Crippen molar-refractivity contribution in [3.05, 3.63) is 28.2 Å². The third kappa shape index (κ3) is 2.37. The molecule has 1 aliphatic heterocycles. The van der Waals surface area contributed by atoms with Crippen LogP contribution >= 0.6 is 35.0 Å². The van der Waals surface area contributed by atoms with Gasteiger partial charge in [0.25, 0.3) is 0 Å². The maximum absolute atomic E-state index is 12.2. The van der Waals surface area contributed by atoms with Crippen LogP contribution < -0.4 is 4.90 Å². The van der Waals surface area contributed by atoms with E-state index in [-0.39, 0.29) is 28.5 Å². The first kappa shape index (κ1) is 13.7. The van der Waals surface area contributed by atoms with E-state index in [1.54, 1.807) is 18.2 Å². The van der Waals surface area contributed by atoms with Gasteiger partial charge in [0, 0.05) is 6.42 Å². The number of thioether (sulfide) groups is 1. The van der Waals surface area contributed by atoms with Crippen LogP contribution in [0.25, 0.3) is 0 Å². The number of amides is 2. The summed E-state index contributed by atoms with van der Waals surface area (Å²) >= 11 is 13.4. The van der Waals surface area contributed by atoms with E-state index in [4.69, 9.17) is 23.2 Å². The average molecular weight is 304 g/mol. The molecule has 0 radical (unpaired) electrons. The van der Waals surface area contributed by atoms with Crippen LogP contribution in [0.2, 0.25) is 10.0 Å². The van der Waals surface area contributed by atoms with E-state index in [9.17, 15) is 9.59 Å². The van der Waals surface area contributed by atoms with Crippen LogP contribution in [0.3, 0.4) is 0 Å². The number of halogens is 2. The normalized spacial score (nSPS) is 19.7. The molecule has 18 heavy (non-hydrogen) atoms. The molecular weight excluding hydrogens is 293 g/mol. The van der Waals surface area contributed by atoms with Gasteiger partial charge in [-0.1, -0.05) is 36.2 Å². The Hall–Kier alpha value is -0.710. The number of imide groups is 1. The van der Waals surface area contributed by atoms with Gasteiger partial charge in [0.2, 0.25) is 11.8 Å². The Kier molecular flexibility index (Phi) is 4.20. The molecule has 0 spiro atoms. The molecule has 0 bridgehead atoms. The molecule has 2 amide bonds. The van der Waals surface area contributed by atoms with Crippen LogP contribution in [0.5, 0.6) is 0 Å². The lowest BCUT2D eigenvalue weighted by Crippen LogP contribution is -2.31. The first-order valence-electron chi connectivity index (χ1n) is 5.48. The van der Waals surface area contributed by atoms with Gasteiger partial charge in [0.1, 0.15) is 0 Å². The second-order valence-corrected chi connectivity index (χ2v) is 6.05. The molecule has 0 saturated carbocycles. The van der Waals surface area contributed by atoms with Gasteiger partial charge in [0.15, 0.2) is 0 Å². The number of benzene rings is 1. The Labute approximate surface area is 119 Å². The molecule has 96 valence electrons. The molecule has 0 N–H and O–H groups in total. The van der Waals surface area contributed by atoms with Gasteiger partial charge in [-0.15, -0.1) is 11.8 Å². The van der Waals surface area contributed by atoms with Crippen LogP contribution in [0.4, 0.5) is 5.69 Å². The first-order chi connectivity index (χ1) is 8.56. The molecule has 1 aromatic carbocycles. The second kappa shape index (κ2) is 5.51. The highest BCUT2D eigenvalue weighted by molar-refractivity contribution is 8.00. The standard InChI is InChI=1S/C12H11Cl2NO2S/c1-2-18-9-6-10(16)15(12(9)17)8-5-3-4-7(13)11(8)14/h3-5,9H,2,6H2,1H3. The number of rotatable bonds is 3. The van der Waals surface area contributed by atoms with Gasteiger partial charge in [-0.05, 0) is 17.9 Å². The maximum atomic E-state index is 12.2. The summed E-state index contributed by atoms with van der Waals surface area (Å²) < 4.78 is 0. The fourth-order valence-corrected chi connectivity index (χ4v) is 3.14. The number of carbonyl (C=O) groups is 2. The van der Waals surface area contributed by atoms with E-state index in [2.05, 4.69) is 0 Å². The number of hydrogen-bond donors (Lipinski definition) is 0. The van der Waals surface area contributed by atoms with Gasteiger partial charge in [-0.2, -0.15) is 0 Å².